The number of carbonyl (C=O) groups is 2. The minimum Gasteiger partial charge on any atom is -0.353 e. The number of amides is 2. The van der Waals surface area contributed by atoms with Crippen molar-refractivity contribution in [1.82, 2.24) is 15.5 Å². The van der Waals surface area contributed by atoms with Gasteiger partial charge in [0.2, 0.25) is 11.8 Å². The van der Waals surface area contributed by atoms with E-state index in [0.29, 0.717) is 6.54 Å². The van der Waals surface area contributed by atoms with Gasteiger partial charge in [0.05, 0.1) is 5.92 Å². The summed E-state index contributed by atoms with van der Waals surface area (Å²) in [6.07, 6.45) is 0. The van der Waals surface area contributed by atoms with Crippen molar-refractivity contribution >= 4 is 11.8 Å². The van der Waals surface area contributed by atoms with Crippen molar-refractivity contribution in [2.24, 2.45) is 0 Å². The molecule has 0 heterocycles. The molecule has 2 rings (SSSR count). The fourth-order valence-corrected chi connectivity index (χ4v) is 2.70. The molecule has 0 fully saturated rings. The Kier molecular flexibility index (Phi) is 7.36. The van der Waals surface area contributed by atoms with E-state index in [1.54, 1.807) is 6.92 Å². The molecule has 0 saturated carbocycles. The van der Waals surface area contributed by atoms with Gasteiger partial charge in [-0.15, -0.1) is 0 Å². The van der Waals surface area contributed by atoms with E-state index in [0.717, 1.165) is 17.7 Å². The van der Waals surface area contributed by atoms with Gasteiger partial charge < -0.3 is 15.5 Å². The summed E-state index contributed by atoms with van der Waals surface area (Å²) < 4.78 is 0. The van der Waals surface area contributed by atoms with Gasteiger partial charge in [0.25, 0.3) is 0 Å². The van der Waals surface area contributed by atoms with Crippen LogP contribution in [0.4, 0.5) is 0 Å². The average Bonchev–Trinajstić information content (AvgIpc) is 2.63. The van der Waals surface area contributed by atoms with E-state index < -0.39 is 12.0 Å². The molecule has 2 amide bonds. The van der Waals surface area contributed by atoms with Crippen molar-refractivity contribution in [3.63, 3.8) is 0 Å². The van der Waals surface area contributed by atoms with Crippen molar-refractivity contribution < 1.29 is 9.59 Å². The van der Waals surface area contributed by atoms with Crippen molar-refractivity contribution in [2.45, 2.75) is 18.9 Å². The lowest BCUT2D eigenvalue weighted by Gasteiger charge is -2.21. The predicted octanol–water partition coefficient (Wildman–Crippen LogP) is 2.00. The number of benzene rings is 2. The number of carbonyl (C=O) groups excluding carboxylic acids is 2. The van der Waals surface area contributed by atoms with Crippen LogP contribution in [0.3, 0.4) is 0 Å². The van der Waals surface area contributed by atoms with Crippen LogP contribution in [0, 0.1) is 0 Å². The molecule has 0 saturated heterocycles. The van der Waals surface area contributed by atoms with Crippen LogP contribution in [0.1, 0.15) is 24.0 Å². The largest absolute Gasteiger partial charge is 0.353 e. The Balaban J connectivity index is 2.08. The van der Waals surface area contributed by atoms with Gasteiger partial charge in [0, 0.05) is 13.1 Å². The summed E-state index contributed by atoms with van der Waals surface area (Å²) in [6, 6.07) is 18.6. The molecule has 2 aromatic rings. The van der Waals surface area contributed by atoms with Gasteiger partial charge in [0.15, 0.2) is 0 Å². The van der Waals surface area contributed by atoms with Crippen molar-refractivity contribution in [3.8, 4) is 0 Å². The Morgan fingerprint density at radius 1 is 0.885 bits per heavy atom. The van der Waals surface area contributed by atoms with E-state index >= 15 is 0 Å². The Morgan fingerprint density at radius 3 is 1.85 bits per heavy atom. The third-order valence-corrected chi connectivity index (χ3v) is 4.14. The highest BCUT2D eigenvalue weighted by Gasteiger charge is 2.25. The molecule has 1 atom stereocenters. The minimum atomic E-state index is -0.598. The molecule has 0 aromatic heterocycles. The molecule has 2 aromatic carbocycles. The van der Waals surface area contributed by atoms with E-state index in [9.17, 15) is 9.59 Å². The van der Waals surface area contributed by atoms with Gasteiger partial charge in [-0.05, 0) is 32.1 Å². The zero-order valence-corrected chi connectivity index (χ0v) is 15.6. The molecule has 0 aliphatic heterocycles. The minimum absolute atomic E-state index is 0.180. The molecule has 5 nitrogen and oxygen atoms in total. The highest BCUT2D eigenvalue weighted by molar-refractivity contribution is 5.92. The van der Waals surface area contributed by atoms with E-state index in [1.165, 1.54) is 0 Å². The van der Waals surface area contributed by atoms with Crippen LogP contribution in [-0.4, -0.2) is 49.9 Å². The van der Waals surface area contributed by atoms with Gasteiger partial charge in [-0.3, -0.25) is 9.59 Å². The first-order valence-corrected chi connectivity index (χ1v) is 8.81. The zero-order valence-electron chi connectivity index (χ0n) is 15.6. The Morgan fingerprint density at radius 2 is 1.38 bits per heavy atom. The maximum atomic E-state index is 12.9. The van der Waals surface area contributed by atoms with E-state index in [4.69, 9.17) is 0 Å². The van der Waals surface area contributed by atoms with Crippen molar-refractivity contribution in [1.29, 1.82) is 0 Å². The molecule has 1 unspecified atom stereocenters. The van der Waals surface area contributed by atoms with Crippen LogP contribution in [-0.2, 0) is 9.59 Å². The highest BCUT2D eigenvalue weighted by Crippen LogP contribution is 2.24. The van der Waals surface area contributed by atoms with Crippen LogP contribution in [0.25, 0.3) is 0 Å². The monoisotopic (exact) mass is 353 g/mol. The lowest BCUT2D eigenvalue weighted by molar-refractivity contribution is -0.128. The molecule has 26 heavy (non-hydrogen) atoms. The van der Waals surface area contributed by atoms with Crippen LogP contribution in [0.5, 0.6) is 0 Å². The summed E-state index contributed by atoms with van der Waals surface area (Å²) in [5, 5.41) is 5.69. The number of nitrogens with one attached hydrogen (secondary N) is 2. The van der Waals surface area contributed by atoms with Gasteiger partial charge in [-0.2, -0.15) is 0 Å². The molecule has 5 heteroatoms. The van der Waals surface area contributed by atoms with E-state index in [2.05, 4.69) is 10.6 Å². The first-order valence-electron chi connectivity index (χ1n) is 8.81. The number of hydrogen-bond donors (Lipinski definition) is 2. The third-order valence-electron chi connectivity index (χ3n) is 4.14. The smallest absolute Gasteiger partial charge is 0.242 e. The standard InChI is InChI=1S/C21H27N3O2/c1-16(20(25)22-14-15-24(2)3)23-21(26)19(17-10-6-4-7-11-17)18-12-8-5-9-13-18/h4-13,16,19H,14-15H2,1-3H3,(H,22,25)(H,23,26). The summed E-state index contributed by atoms with van der Waals surface area (Å²) >= 11 is 0. The van der Waals surface area contributed by atoms with Crippen LogP contribution >= 0.6 is 0 Å². The van der Waals surface area contributed by atoms with Gasteiger partial charge in [-0.1, -0.05) is 60.7 Å². The Hall–Kier alpha value is -2.66. The quantitative estimate of drug-likeness (QED) is 0.763. The summed E-state index contributed by atoms with van der Waals surface area (Å²) in [7, 11) is 3.89. The number of nitrogens with zero attached hydrogens (tertiary/aromatic N) is 1. The second-order valence-electron chi connectivity index (χ2n) is 6.58. The van der Waals surface area contributed by atoms with Crippen molar-refractivity contribution in [3.05, 3.63) is 71.8 Å². The normalized spacial score (nSPS) is 12.0. The number of likely N-dealkylation sites (N-methyl/N-ethyl adjacent to an activating group) is 1. The predicted molar refractivity (Wildman–Crippen MR) is 104 cm³/mol. The third kappa shape index (κ3) is 5.70. The van der Waals surface area contributed by atoms with Gasteiger partial charge in [0.1, 0.15) is 6.04 Å². The summed E-state index contributed by atoms with van der Waals surface area (Å²) in [5.41, 5.74) is 1.80. The topological polar surface area (TPSA) is 61.4 Å². The molecule has 0 aliphatic carbocycles. The van der Waals surface area contributed by atoms with Crippen LogP contribution in [0.15, 0.2) is 60.7 Å². The lowest BCUT2D eigenvalue weighted by Crippen LogP contribution is -2.47. The fourth-order valence-electron chi connectivity index (χ4n) is 2.70. The van der Waals surface area contributed by atoms with E-state index in [-0.39, 0.29) is 11.8 Å². The molecular weight excluding hydrogens is 326 g/mol. The second-order valence-corrected chi connectivity index (χ2v) is 6.58. The molecular formula is C21H27N3O2. The lowest BCUT2D eigenvalue weighted by atomic mass is 9.90. The van der Waals surface area contributed by atoms with Crippen LogP contribution in [0.2, 0.25) is 0 Å². The molecule has 0 aliphatic rings. The number of hydrogen-bond acceptors (Lipinski definition) is 3. The molecule has 0 spiro atoms. The van der Waals surface area contributed by atoms with Gasteiger partial charge in [-0.25, -0.2) is 0 Å². The molecule has 2 N–H and O–H groups in total. The second kappa shape index (κ2) is 9.73. The maximum absolute atomic E-state index is 12.9. The molecule has 138 valence electrons. The SMILES string of the molecule is CC(NC(=O)C(c1ccccc1)c1ccccc1)C(=O)NCCN(C)C. The maximum Gasteiger partial charge on any atom is 0.242 e. The fraction of sp³-hybridized carbons (Fsp3) is 0.333. The summed E-state index contributed by atoms with van der Waals surface area (Å²) in [5.74, 6) is -0.813. The Bertz CT molecular complexity index is 662. The average molecular weight is 353 g/mol. The van der Waals surface area contributed by atoms with Gasteiger partial charge >= 0.3 is 0 Å². The summed E-state index contributed by atoms with van der Waals surface area (Å²) in [4.78, 5) is 27.1. The Labute approximate surface area is 155 Å². The first kappa shape index (κ1) is 19.7. The van der Waals surface area contributed by atoms with Crippen LogP contribution < -0.4 is 10.6 Å². The van der Waals surface area contributed by atoms with Crippen molar-refractivity contribution in [2.75, 3.05) is 27.2 Å². The zero-order chi connectivity index (χ0) is 18.9. The van der Waals surface area contributed by atoms with E-state index in [1.807, 2.05) is 79.7 Å². The summed E-state index contributed by atoms with van der Waals surface area (Å²) in [6.45, 7) is 3.01. The molecule has 0 bridgehead atoms. The molecule has 0 radical (unpaired) electrons. The highest BCUT2D eigenvalue weighted by atomic mass is 16.2. The number of rotatable bonds is 8. The first-order chi connectivity index (χ1) is 12.5.